The number of hydrogen-bond acceptors (Lipinski definition) is 5. The van der Waals surface area contributed by atoms with Crippen LogP contribution in [0.5, 0.6) is 0 Å². The van der Waals surface area contributed by atoms with Crippen molar-refractivity contribution in [1.82, 2.24) is 20.3 Å². The number of carbonyl (C=O) groups is 1. The van der Waals surface area contributed by atoms with E-state index in [4.69, 9.17) is 4.42 Å². The van der Waals surface area contributed by atoms with E-state index < -0.39 is 0 Å². The summed E-state index contributed by atoms with van der Waals surface area (Å²) < 4.78 is 5.36. The molecular weight excluding hydrogens is 336 g/mol. The summed E-state index contributed by atoms with van der Waals surface area (Å²) in [5.74, 6) is 2.14. The summed E-state index contributed by atoms with van der Waals surface area (Å²) in [5.41, 5.74) is 2.20. The Labute approximate surface area is 150 Å². The van der Waals surface area contributed by atoms with Crippen LogP contribution >= 0.6 is 11.8 Å². The van der Waals surface area contributed by atoms with Crippen molar-refractivity contribution in [3.05, 3.63) is 47.9 Å². The number of thioether (sulfide) groups is 1. The van der Waals surface area contributed by atoms with Gasteiger partial charge in [0.1, 0.15) is 11.6 Å². The second-order valence-electron chi connectivity index (χ2n) is 6.17. The number of carbonyl (C=O) groups excluding carboxylic acids is 1. The van der Waals surface area contributed by atoms with Gasteiger partial charge in [-0.2, -0.15) is 11.8 Å². The molecule has 3 aromatic rings. The van der Waals surface area contributed by atoms with Crippen molar-refractivity contribution in [2.45, 2.75) is 32.2 Å². The Kier molecular flexibility index (Phi) is 5.43. The first-order valence-corrected chi connectivity index (χ1v) is 9.67. The van der Waals surface area contributed by atoms with Crippen LogP contribution < -0.4 is 5.32 Å². The van der Waals surface area contributed by atoms with Crippen molar-refractivity contribution in [3.63, 3.8) is 0 Å². The zero-order valence-electron chi connectivity index (χ0n) is 14.6. The number of aromatic nitrogens is 3. The highest BCUT2D eigenvalue weighted by Gasteiger charge is 2.24. The Morgan fingerprint density at radius 3 is 2.88 bits per heavy atom. The fourth-order valence-corrected chi connectivity index (χ4v) is 3.18. The largest absolute Gasteiger partial charge is 0.447 e. The fourth-order valence-electron chi connectivity index (χ4n) is 2.71. The van der Waals surface area contributed by atoms with E-state index in [0.29, 0.717) is 11.5 Å². The smallest absolute Gasteiger partial charge is 0.274 e. The van der Waals surface area contributed by atoms with E-state index in [-0.39, 0.29) is 17.9 Å². The minimum atomic E-state index is -0.232. The number of nitrogens with zero attached hydrogens (tertiary/aromatic N) is 2. The predicted octanol–water partition coefficient (Wildman–Crippen LogP) is 3.90. The van der Waals surface area contributed by atoms with Crippen LogP contribution in [0.3, 0.4) is 0 Å². The first-order valence-electron chi connectivity index (χ1n) is 8.28. The molecule has 0 aliphatic carbocycles. The number of H-pyrrole nitrogens is 1. The van der Waals surface area contributed by atoms with Crippen LogP contribution in [-0.4, -0.2) is 32.9 Å². The third-order valence-corrected chi connectivity index (χ3v) is 4.63. The van der Waals surface area contributed by atoms with Crippen LogP contribution in [0.25, 0.3) is 11.0 Å². The van der Waals surface area contributed by atoms with Gasteiger partial charge in [-0.15, -0.1) is 0 Å². The van der Waals surface area contributed by atoms with Crippen LogP contribution in [0.4, 0.5) is 0 Å². The van der Waals surface area contributed by atoms with Gasteiger partial charge in [0.15, 0.2) is 12.1 Å². The van der Waals surface area contributed by atoms with Crippen LogP contribution in [0.15, 0.2) is 35.1 Å². The quantitative estimate of drug-likeness (QED) is 0.669. The van der Waals surface area contributed by atoms with Crippen molar-refractivity contribution in [3.8, 4) is 0 Å². The third kappa shape index (κ3) is 3.87. The number of oxazole rings is 1. The van der Waals surface area contributed by atoms with Gasteiger partial charge >= 0.3 is 0 Å². The summed E-state index contributed by atoms with van der Waals surface area (Å²) in [6.45, 7) is 3.95. The molecule has 2 aromatic heterocycles. The minimum absolute atomic E-state index is 0.0964. The van der Waals surface area contributed by atoms with Gasteiger partial charge in [0.25, 0.3) is 5.91 Å². The zero-order valence-corrected chi connectivity index (χ0v) is 15.4. The summed E-state index contributed by atoms with van der Waals surface area (Å²) in [6.07, 6.45) is 4.15. The molecule has 25 heavy (non-hydrogen) atoms. The number of amides is 1. The Hall–Kier alpha value is -2.28. The molecule has 3 rings (SSSR count). The molecule has 2 heterocycles. The lowest BCUT2D eigenvalue weighted by Crippen LogP contribution is -2.30. The summed E-state index contributed by atoms with van der Waals surface area (Å²) in [6, 6.07) is 7.64. The van der Waals surface area contributed by atoms with Gasteiger partial charge in [0.05, 0.1) is 17.1 Å². The summed E-state index contributed by atoms with van der Waals surface area (Å²) in [4.78, 5) is 24.8. The number of para-hydroxylation sites is 2. The highest BCUT2D eigenvalue weighted by molar-refractivity contribution is 7.98. The standard InChI is InChI=1S/C18H22N4O2S/c1-11(2)16-15(19-10-24-16)18(23)22-14(8-9-25-3)17-20-12-6-4-5-7-13(12)21-17/h4-7,10-11,14H,8-9H2,1-3H3,(H,20,21)(H,22,23). The lowest BCUT2D eigenvalue weighted by atomic mass is 10.1. The average Bonchev–Trinajstić information content (AvgIpc) is 3.24. The number of imidazole rings is 1. The molecule has 1 aromatic carbocycles. The van der Waals surface area contributed by atoms with Gasteiger partial charge < -0.3 is 14.7 Å². The van der Waals surface area contributed by atoms with Gasteiger partial charge in [0, 0.05) is 5.92 Å². The number of hydrogen-bond donors (Lipinski definition) is 2. The maximum Gasteiger partial charge on any atom is 0.274 e. The van der Waals surface area contributed by atoms with Crippen molar-refractivity contribution < 1.29 is 9.21 Å². The topological polar surface area (TPSA) is 83.8 Å². The molecule has 2 N–H and O–H groups in total. The molecule has 0 saturated carbocycles. The maximum absolute atomic E-state index is 12.7. The second-order valence-corrected chi connectivity index (χ2v) is 7.15. The number of rotatable bonds is 7. The summed E-state index contributed by atoms with van der Waals surface area (Å²) in [5, 5.41) is 3.06. The Bertz CT molecular complexity index is 823. The Morgan fingerprint density at radius 2 is 2.16 bits per heavy atom. The van der Waals surface area contributed by atoms with Gasteiger partial charge in [-0.05, 0) is 30.6 Å². The van der Waals surface area contributed by atoms with Gasteiger partial charge in [-0.25, -0.2) is 9.97 Å². The highest BCUT2D eigenvalue weighted by atomic mass is 32.2. The normalized spacial score (nSPS) is 12.6. The first kappa shape index (κ1) is 17.5. The van der Waals surface area contributed by atoms with E-state index in [9.17, 15) is 4.79 Å². The molecule has 0 bridgehead atoms. The molecule has 1 atom stereocenters. The molecule has 0 saturated heterocycles. The van der Waals surface area contributed by atoms with Crippen LogP contribution in [0.1, 0.15) is 54.3 Å². The lowest BCUT2D eigenvalue weighted by Gasteiger charge is -2.16. The molecule has 132 valence electrons. The van der Waals surface area contributed by atoms with Crippen LogP contribution in [0.2, 0.25) is 0 Å². The number of benzene rings is 1. The van der Waals surface area contributed by atoms with E-state index in [0.717, 1.165) is 29.0 Å². The molecule has 0 spiro atoms. The SMILES string of the molecule is CSCCC(NC(=O)c1ncoc1C(C)C)c1nc2ccccc2[nH]1. The van der Waals surface area contributed by atoms with E-state index in [1.807, 2.05) is 44.4 Å². The molecule has 6 nitrogen and oxygen atoms in total. The second kappa shape index (κ2) is 7.74. The molecule has 0 aliphatic rings. The molecule has 0 fully saturated rings. The van der Waals surface area contributed by atoms with E-state index in [1.165, 1.54) is 6.39 Å². The van der Waals surface area contributed by atoms with E-state index in [2.05, 4.69) is 20.3 Å². The van der Waals surface area contributed by atoms with Gasteiger partial charge in [0.2, 0.25) is 0 Å². The van der Waals surface area contributed by atoms with Crippen molar-refractivity contribution in [1.29, 1.82) is 0 Å². The monoisotopic (exact) mass is 358 g/mol. The fraction of sp³-hybridized carbons (Fsp3) is 0.389. The maximum atomic E-state index is 12.7. The van der Waals surface area contributed by atoms with E-state index >= 15 is 0 Å². The molecular formula is C18H22N4O2S. The average molecular weight is 358 g/mol. The lowest BCUT2D eigenvalue weighted by molar-refractivity contribution is 0.0927. The summed E-state index contributed by atoms with van der Waals surface area (Å²) >= 11 is 1.74. The first-order chi connectivity index (χ1) is 12.1. The van der Waals surface area contributed by atoms with Gasteiger partial charge in [-0.3, -0.25) is 4.79 Å². The van der Waals surface area contributed by atoms with E-state index in [1.54, 1.807) is 11.8 Å². The van der Waals surface area contributed by atoms with Crippen molar-refractivity contribution >= 4 is 28.7 Å². The van der Waals surface area contributed by atoms with Crippen molar-refractivity contribution in [2.24, 2.45) is 0 Å². The van der Waals surface area contributed by atoms with Crippen LogP contribution in [0, 0.1) is 0 Å². The zero-order chi connectivity index (χ0) is 17.8. The van der Waals surface area contributed by atoms with Crippen LogP contribution in [-0.2, 0) is 0 Å². The summed E-state index contributed by atoms with van der Waals surface area (Å²) in [7, 11) is 0. The highest BCUT2D eigenvalue weighted by Crippen LogP contribution is 2.22. The molecule has 7 heteroatoms. The molecule has 0 aliphatic heterocycles. The Balaban J connectivity index is 1.85. The third-order valence-electron chi connectivity index (χ3n) is 3.99. The molecule has 1 amide bonds. The molecule has 1 unspecified atom stereocenters. The number of nitrogens with one attached hydrogen (secondary N) is 2. The predicted molar refractivity (Wildman–Crippen MR) is 99.9 cm³/mol. The number of aromatic amines is 1. The minimum Gasteiger partial charge on any atom is -0.447 e. The van der Waals surface area contributed by atoms with Gasteiger partial charge in [-0.1, -0.05) is 26.0 Å². The Morgan fingerprint density at radius 1 is 1.36 bits per heavy atom. The molecule has 0 radical (unpaired) electrons. The number of fused-ring (bicyclic) bond motifs is 1. The van der Waals surface area contributed by atoms with Crippen molar-refractivity contribution in [2.75, 3.05) is 12.0 Å².